The summed E-state index contributed by atoms with van der Waals surface area (Å²) in [7, 11) is 1.79. The number of guanidine groups is 1. The van der Waals surface area contributed by atoms with Gasteiger partial charge in [-0.2, -0.15) is 0 Å². The Labute approximate surface area is 155 Å². The van der Waals surface area contributed by atoms with Crippen LogP contribution in [0.1, 0.15) is 35.8 Å². The van der Waals surface area contributed by atoms with Crippen LogP contribution in [0.15, 0.2) is 4.99 Å². The highest BCUT2D eigenvalue weighted by Gasteiger charge is 2.05. The molecule has 0 bridgehead atoms. The number of aliphatic imine (C=N–C) groups is 1. The number of ether oxygens (including phenoxy) is 1. The summed E-state index contributed by atoms with van der Waals surface area (Å²) in [6.45, 7) is 11.6. The third-order valence-corrected chi connectivity index (χ3v) is 3.92. The number of aromatic nitrogens is 1. The van der Waals surface area contributed by atoms with Crippen molar-refractivity contribution < 1.29 is 4.74 Å². The van der Waals surface area contributed by atoms with E-state index in [-0.39, 0.29) is 24.0 Å². The summed E-state index contributed by atoms with van der Waals surface area (Å²) in [6, 6.07) is 0. The predicted octanol–water partition coefficient (Wildman–Crippen LogP) is 3.11. The van der Waals surface area contributed by atoms with Crippen molar-refractivity contribution in [3.8, 4) is 0 Å². The van der Waals surface area contributed by atoms with Crippen molar-refractivity contribution >= 4 is 41.3 Å². The molecular weight excluding hydrogens is 411 g/mol. The van der Waals surface area contributed by atoms with E-state index in [2.05, 4.69) is 34.5 Å². The van der Waals surface area contributed by atoms with Gasteiger partial charge in [-0.25, -0.2) is 4.98 Å². The van der Waals surface area contributed by atoms with E-state index in [0.717, 1.165) is 49.4 Å². The molecule has 128 valence electrons. The quantitative estimate of drug-likeness (QED) is 0.282. The van der Waals surface area contributed by atoms with Crippen LogP contribution in [0.2, 0.25) is 0 Å². The summed E-state index contributed by atoms with van der Waals surface area (Å²) >= 11 is 1.73. The van der Waals surface area contributed by atoms with Crippen LogP contribution in [-0.2, 0) is 11.3 Å². The van der Waals surface area contributed by atoms with Crippen molar-refractivity contribution in [2.45, 2.75) is 40.7 Å². The lowest BCUT2D eigenvalue weighted by atomic mass is 10.2. The average Bonchev–Trinajstić information content (AvgIpc) is 2.75. The van der Waals surface area contributed by atoms with Crippen LogP contribution in [0.3, 0.4) is 0 Å². The Hall–Kier alpha value is -0.410. The first-order chi connectivity index (χ1) is 10.0. The third-order valence-electron chi connectivity index (χ3n) is 2.85. The van der Waals surface area contributed by atoms with Gasteiger partial charge in [0.1, 0.15) is 0 Å². The highest BCUT2D eigenvalue weighted by atomic mass is 127. The van der Waals surface area contributed by atoms with Crippen molar-refractivity contribution in [2.75, 3.05) is 26.8 Å². The molecule has 1 aromatic rings. The van der Waals surface area contributed by atoms with Gasteiger partial charge in [0.25, 0.3) is 0 Å². The van der Waals surface area contributed by atoms with Gasteiger partial charge in [-0.3, -0.25) is 4.99 Å². The number of thiazole rings is 1. The SMILES string of the molecule is CN=C(NCCCOCC(C)C)NCc1sc(C)nc1C.I. The van der Waals surface area contributed by atoms with Crippen LogP contribution >= 0.6 is 35.3 Å². The smallest absolute Gasteiger partial charge is 0.191 e. The molecule has 0 unspecified atom stereocenters. The van der Waals surface area contributed by atoms with Gasteiger partial charge >= 0.3 is 0 Å². The summed E-state index contributed by atoms with van der Waals surface area (Å²) in [5.41, 5.74) is 1.10. The van der Waals surface area contributed by atoms with Gasteiger partial charge in [-0.15, -0.1) is 35.3 Å². The Morgan fingerprint density at radius 1 is 1.32 bits per heavy atom. The normalized spacial score (nSPS) is 11.5. The Morgan fingerprint density at radius 2 is 2.05 bits per heavy atom. The number of nitrogens with one attached hydrogen (secondary N) is 2. The highest BCUT2D eigenvalue weighted by molar-refractivity contribution is 14.0. The largest absolute Gasteiger partial charge is 0.381 e. The maximum absolute atomic E-state index is 5.55. The lowest BCUT2D eigenvalue weighted by molar-refractivity contribution is 0.108. The topological polar surface area (TPSA) is 58.5 Å². The van der Waals surface area contributed by atoms with E-state index in [0.29, 0.717) is 5.92 Å². The zero-order chi connectivity index (χ0) is 15.7. The second kappa shape index (κ2) is 12.1. The molecule has 1 rings (SSSR count). The van der Waals surface area contributed by atoms with Crippen molar-refractivity contribution in [1.82, 2.24) is 15.6 Å². The number of aryl methyl sites for hydroxylation is 2. The van der Waals surface area contributed by atoms with Gasteiger partial charge in [-0.05, 0) is 26.2 Å². The van der Waals surface area contributed by atoms with Gasteiger partial charge in [0.2, 0.25) is 0 Å². The van der Waals surface area contributed by atoms with Crippen LogP contribution in [-0.4, -0.2) is 37.7 Å². The van der Waals surface area contributed by atoms with Crippen molar-refractivity contribution in [1.29, 1.82) is 0 Å². The fourth-order valence-corrected chi connectivity index (χ4v) is 2.70. The summed E-state index contributed by atoms with van der Waals surface area (Å²) in [4.78, 5) is 9.91. The number of nitrogens with zero attached hydrogens (tertiary/aromatic N) is 2. The highest BCUT2D eigenvalue weighted by Crippen LogP contribution is 2.16. The molecule has 0 amide bonds. The summed E-state index contributed by atoms with van der Waals surface area (Å²) < 4.78 is 5.55. The maximum atomic E-state index is 5.55. The van der Waals surface area contributed by atoms with Gasteiger partial charge in [0, 0.05) is 31.7 Å². The standard InChI is InChI=1S/C15H28N4OS.HI/c1-11(2)10-20-8-6-7-17-15(16-5)18-9-14-12(3)19-13(4)21-14;/h11H,6-10H2,1-5H3,(H2,16,17,18);1H. The average molecular weight is 440 g/mol. The number of rotatable bonds is 8. The molecule has 2 N–H and O–H groups in total. The first-order valence-electron chi connectivity index (χ1n) is 7.48. The Balaban J connectivity index is 0.00000441. The van der Waals surface area contributed by atoms with Crippen molar-refractivity contribution in [2.24, 2.45) is 10.9 Å². The molecular formula is C15H29IN4OS. The molecule has 0 saturated heterocycles. The van der Waals surface area contributed by atoms with Gasteiger partial charge in [0.15, 0.2) is 5.96 Å². The zero-order valence-corrected chi connectivity index (χ0v) is 17.4. The molecule has 0 aliphatic rings. The molecule has 0 atom stereocenters. The van der Waals surface area contributed by atoms with Crippen LogP contribution < -0.4 is 10.6 Å². The monoisotopic (exact) mass is 440 g/mol. The first-order valence-corrected chi connectivity index (χ1v) is 8.29. The second-order valence-corrected chi connectivity index (χ2v) is 6.70. The van der Waals surface area contributed by atoms with E-state index in [9.17, 15) is 0 Å². The molecule has 1 heterocycles. The third kappa shape index (κ3) is 8.89. The minimum atomic E-state index is 0. The van der Waals surface area contributed by atoms with Crippen LogP contribution in [0, 0.1) is 19.8 Å². The Kier molecular flexibility index (Phi) is 11.8. The Morgan fingerprint density at radius 3 is 2.59 bits per heavy atom. The van der Waals surface area contributed by atoms with Crippen LogP contribution in [0.5, 0.6) is 0 Å². The van der Waals surface area contributed by atoms with Gasteiger partial charge in [-0.1, -0.05) is 13.8 Å². The van der Waals surface area contributed by atoms with Crippen LogP contribution in [0.25, 0.3) is 0 Å². The lowest BCUT2D eigenvalue weighted by Crippen LogP contribution is -2.37. The minimum absolute atomic E-state index is 0. The van der Waals surface area contributed by atoms with Crippen LogP contribution in [0.4, 0.5) is 0 Å². The van der Waals surface area contributed by atoms with E-state index >= 15 is 0 Å². The van der Waals surface area contributed by atoms with E-state index in [1.165, 1.54) is 4.88 Å². The second-order valence-electron chi connectivity index (χ2n) is 5.42. The predicted molar refractivity (Wildman–Crippen MR) is 105 cm³/mol. The molecule has 0 fully saturated rings. The zero-order valence-electron chi connectivity index (χ0n) is 14.2. The molecule has 5 nitrogen and oxygen atoms in total. The Bertz CT molecular complexity index is 449. The fraction of sp³-hybridized carbons (Fsp3) is 0.733. The van der Waals surface area contributed by atoms with E-state index in [1.54, 1.807) is 18.4 Å². The fourth-order valence-electron chi connectivity index (χ4n) is 1.82. The molecule has 0 aliphatic heterocycles. The van der Waals surface area contributed by atoms with E-state index in [4.69, 9.17) is 4.74 Å². The van der Waals surface area contributed by atoms with Crippen molar-refractivity contribution in [3.05, 3.63) is 15.6 Å². The number of halogens is 1. The molecule has 0 saturated carbocycles. The summed E-state index contributed by atoms with van der Waals surface area (Å²) in [6.07, 6.45) is 0.978. The number of hydrogen-bond donors (Lipinski definition) is 2. The first kappa shape index (κ1) is 21.6. The number of hydrogen-bond acceptors (Lipinski definition) is 4. The molecule has 0 aromatic carbocycles. The van der Waals surface area contributed by atoms with E-state index < -0.39 is 0 Å². The molecule has 0 aliphatic carbocycles. The summed E-state index contributed by atoms with van der Waals surface area (Å²) in [5.74, 6) is 1.42. The van der Waals surface area contributed by atoms with Gasteiger partial charge < -0.3 is 15.4 Å². The molecule has 0 spiro atoms. The minimum Gasteiger partial charge on any atom is -0.381 e. The molecule has 1 aromatic heterocycles. The van der Waals surface area contributed by atoms with E-state index in [1.807, 2.05) is 13.8 Å². The van der Waals surface area contributed by atoms with Crippen molar-refractivity contribution in [3.63, 3.8) is 0 Å². The van der Waals surface area contributed by atoms with Gasteiger partial charge in [0.05, 0.1) is 17.2 Å². The molecule has 7 heteroatoms. The lowest BCUT2D eigenvalue weighted by Gasteiger charge is -2.12. The maximum Gasteiger partial charge on any atom is 0.191 e. The molecule has 22 heavy (non-hydrogen) atoms. The summed E-state index contributed by atoms with van der Waals surface area (Å²) in [5, 5.41) is 7.72. The molecule has 0 radical (unpaired) electrons.